The van der Waals surface area contributed by atoms with E-state index in [0.717, 1.165) is 175 Å². The van der Waals surface area contributed by atoms with E-state index >= 15 is 0 Å². The number of nitrogens with zero attached hydrogens (tertiary/aromatic N) is 3. The fourth-order valence-corrected chi connectivity index (χ4v) is 10.7. The van der Waals surface area contributed by atoms with Crippen LogP contribution in [0.25, 0.3) is 21.5 Å². The summed E-state index contributed by atoms with van der Waals surface area (Å²) >= 11 is 10.5. The lowest BCUT2D eigenvalue weighted by Crippen LogP contribution is -2.30. The molecule has 7 aromatic rings. The van der Waals surface area contributed by atoms with Crippen LogP contribution in [-0.4, -0.2) is 97.9 Å². The Morgan fingerprint density at radius 1 is 0.655 bits per heavy atom. The lowest BCUT2D eigenvalue weighted by Gasteiger charge is -2.18. The Morgan fingerprint density at radius 2 is 1.25 bits per heavy atom. The zero-order valence-electron chi connectivity index (χ0n) is 52.1. The molecule has 9 N–H and O–H groups in total. The van der Waals surface area contributed by atoms with Gasteiger partial charge in [-0.3, -0.25) is 4.99 Å². The second-order valence-corrected chi connectivity index (χ2v) is 22.4. The first-order chi connectivity index (χ1) is 42.4. The maximum Gasteiger partial charge on any atom is 0.319 e. The summed E-state index contributed by atoms with van der Waals surface area (Å²) in [7, 11) is 1.93. The van der Waals surface area contributed by atoms with Crippen LogP contribution < -0.4 is 57.3 Å². The lowest BCUT2D eigenvalue weighted by atomic mass is 10.0. The second kappa shape index (κ2) is 35.5. The van der Waals surface area contributed by atoms with E-state index in [2.05, 4.69) is 128 Å². The normalized spacial score (nSPS) is 13.8. The highest BCUT2D eigenvalue weighted by Gasteiger charge is 2.15. The number of pyridine rings is 2. The molecule has 11 rings (SSSR count). The molecule has 460 valence electrons. The van der Waals surface area contributed by atoms with Crippen LogP contribution in [0.15, 0.2) is 144 Å². The van der Waals surface area contributed by atoms with Crippen LogP contribution in [0, 0.1) is 13.8 Å². The first-order valence-corrected chi connectivity index (χ1v) is 31.7. The van der Waals surface area contributed by atoms with Gasteiger partial charge in [0.15, 0.2) is 16.6 Å². The molecule has 5 aromatic carbocycles. The number of aliphatic imine (C=N–C) groups is 1. The Balaban J connectivity index is 0.000000174. The van der Waals surface area contributed by atoms with Crippen molar-refractivity contribution in [1.82, 2.24) is 31.2 Å². The van der Waals surface area contributed by atoms with Crippen molar-refractivity contribution in [2.45, 2.75) is 106 Å². The van der Waals surface area contributed by atoms with E-state index in [9.17, 15) is 4.79 Å². The van der Waals surface area contributed by atoms with Crippen molar-refractivity contribution >= 4 is 96.5 Å². The maximum atomic E-state index is 12.3. The number of amides is 2. The number of nitrogens with one attached hydrogen (secondary N) is 9. The van der Waals surface area contributed by atoms with E-state index in [1.165, 1.54) is 46.1 Å². The van der Waals surface area contributed by atoms with Gasteiger partial charge in [0.2, 0.25) is 0 Å². The molecule has 0 fully saturated rings. The molecule has 0 aliphatic carbocycles. The zero-order chi connectivity index (χ0) is 61.8. The monoisotopic (exact) mass is 1210 g/mol. The van der Waals surface area contributed by atoms with Crippen LogP contribution in [0.3, 0.4) is 0 Å². The minimum absolute atomic E-state index is 0.172. The highest BCUT2D eigenvalue weighted by Crippen LogP contribution is 2.32. The number of carbonyl (C=O) groups is 1. The van der Waals surface area contributed by atoms with Gasteiger partial charge in [-0.15, -0.1) is 0 Å². The third-order valence-corrected chi connectivity index (χ3v) is 15.3. The lowest BCUT2D eigenvalue weighted by molar-refractivity contribution is 0.171. The average molecular weight is 1210 g/mol. The van der Waals surface area contributed by atoms with Crippen LogP contribution in [0.2, 0.25) is 0 Å². The molecular formula is C70H90N12O3S2. The van der Waals surface area contributed by atoms with Crippen molar-refractivity contribution in [3.63, 3.8) is 0 Å². The summed E-state index contributed by atoms with van der Waals surface area (Å²) < 4.78 is 10.7. The molecule has 0 spiro atoms. The molecule has 0 saturated heterocycles. The van der Waals surface area contributed by atoms with Gasteiger partial charge in [0.05, 0.1) is 16.4 Å². The first kappa shape index (κ1) is 66.4. The molecule has 0 bridgehead atoms. The number of rotatable bonds is 15. The minimum Gasteiger partial charge on any atom is -0.486 e. The summed E-state index contributed by atoms with van der Waals surface area (Å²) in [5.74, 6) is 3.83. The number of fused-ring (bicyclic) bond motifs is 5. The molecule has 0 saturated carbocycles. The van der Waals surface area contributed by atoms with Crippen LogP contribution in [0.1, 0.15) is 99.9 Å². The third kappa shape index (κ3) is 20.8. The number of benzene rings is 5. The molecule has 17 heteroatoms. The minimum atomic E-state index is -0.172. The molecule has 2 aromatic heterocycles. The summed E-state index contributed by atoms with van der Waals surface area (Å²) in [6.07, 6.45) is 12.2. The van der Waals surface area contributed by atoms with Gasteiger partial charge >= 0.3 is 6.03 Å². The van der Waals surface area contributed by atoms with Gasteiger partial charge in [-0.05, 0) is 174 Å². The number of ether oxygens (including phenoxy) is 2. The van der Waals surface area contributed by atoms with Gasteiger partial charge in [0.1, 0.15) is 24.8 Å². The molecule has 0 radical (unpaired) electrons. The Bertz CT molecular complexity index is 3490. The molecule has 0 unspecified atom stereocenters. The van der Waals surface area contributed by atoms with E-state index < -0.39 is 0 Å². The molecule has 87 heavy (non-hydrogen) atoms. The molecule has 4 aliphatic heterocycles. The third-order valence-electron chi connectivity index (χ3n) is 14.9. The van der Waals surface area contributed by atoms with Gasteiger partial charge in [0, 0.05) is 104 Å². The summed E-state index contributed by atoms with van der Waals surface area (Å²) in [5, 5.41) is 34.2. The number of urea groups is 1. The summed E-state index contributed by atoms with van der Waals surface area (Å²) in [4.78, 5) is 27.3. The SMILES string of the molecule is C=CC1=C(N=C(C)CCNC(=S)Nc2ccc(NC)c3ccccc23)CNCCC1.CC.CC(=S)NCCc1ccc2c(n1)NCCC2.Cc1ccc(NC(=O)NCCCc2ccc3c(n2)NCCC3)c2ccccc12.Cc1ccc2c(c1)OCCO2. The van der Waals surface area contributed by atoms with Crippen LogP contribution in [-0.2, 0) is 25.7 Å². The van der Waals surface area contributed by atoms with Crippen molar-refractivity contribution in [2.24, 2.45) is 4.99 Å². The van der Waals surface area contributed by atoms with Crippen molar-refractivity contribution in [3.05, 3.63) is 173 Å². The van der Waals surface area contributed by atoms with Crippen molar-refractivity contribution < 1.29 is 14.3 Å². The molecule has 2 amide bonds. The number of anilines is 5. The van der Waals surface area contributed by atoms with Gasteiger partial charge in [-0.1, -0.05) is 112 Å². The first-order valence-electron chi connectivity index (χ1n) is 30.9. The molecule has 0 atom stereocenters. The van der Waals surface area contributed by atoms with Crippen LogP contribution >= 0.6 is 24.4 Å². The van der Waals surface area contributed by atoms with E-state index in [4.69, 9.17) is 43.9 Å². The van der Waals surface area contributed by atoms with Crippen LogP contribution in [0.4, 0.5) is 33.5 Å². The largest absolute Gasteiger partial charge is 0.486 e. The highest BCUT2D eigenvalue weighted by atomic mass is 32.1. The number of hydrogen-bond acceptors (Lipinski definition) is 12. The number of aryl methyl sites for hydroxylation is 5. The maximum absolute atomic E-state index is 12.3. The highest BCUT2D eigenvalue weighted by molar-refractivity contribution is 7.80. The van der Waals surface area contributed by atoms with Gasteiger partial charge in [-0.25, -0.2) is 14.8 Å². The Labute approximate surface area is 526 Å². The summed E-state index contributed by atoms with van der Waals surface area (Å²) in [5.41, 5.74) is 13.6. The second-order valence-electron chi connectivity index (χ2n) is 21.4. The Kier molecular flexibility index (Phi) is 27.1. The Hall–Kier alpha value is -8.12. The zero-order valence-corrected chi connectivity index (χ0v) is 53.7. The number of hydrogen-bond donors (Lipinski definition) is 9. The fourth-order valence-electron chi connectivity index (χ4n) is 10.4. The number of carbonyl (C=O) groups excluding carboxylic acids is 1. The average Bonchev–Trinajstić information content (AvgIpc) is 3.33. The quantitative estimate of drug-likeness (QED) is 0.0269. The van der Waals surface area contributed by atoms with Crippen molar-refractivity contribution in [1.29, 1.82) is 0 Å². The predicted molar refractivity (Wildman–Crippen MR) is 374 cm³/mol. The van der Waals surface area contributed by atoms with Crippen molar-refractivity contribution in [3.8, 4) is 11.5 Å². The number of thiocarbonyl (C=S) groups is 2. The summed E-state index contributed by atoms with van der Waals surface area (Å²) in [6, 6.07) is 38.9. The molecule has 15 nitrogen and oxygen atoms in total. The molecule has 4 aliphatic rings. The van der Waals surface area contributed by atoms with Crippen LogP contribution in [0.5, 0.6) is 11.5 Å². The standard InChI is InChI=1S/C24H31N5S.C23H26N4O.C12H17N3S.C9H10O2.C2H6/c1-4-18-8-7-14-26-16-23(18)28-17(2)13-15-27-24(30)29-22-12-11-21(25-3)19-9-5-6-10-20(19)22;1-16-10-13-21(20-9-3-2-8-19(16)20)27-23(28)25-15-5-7-18-12-11-17-6-4-14-24-22(17)26-18;1-9(16)13-8-6-11-5-4-10-3-2-7-14-12(10)15-11;1-7-2-3-8-9(6-7)11-5-4-10-8;1-2/h4-6,9-12,25-26H,1,7-8,13-16H2,2-3H3,(H2,27,29,30);2-3,8-13H,4-7,14-15H2,1H3,(H,24,26)(H2,25,27,28);4-5H,2-3,6-8H2,1H3,(H,13,16)(H,14,15);2-3,6H,4-5H2,1H3;1-2H3. The predicted octanol–water partition coefficient (Wildman–Crippen LogP) is 14.2. The van der Waals surface area contributed by atoms with E-state index in [-0.39, 0.29) is 6.03 Å². The van der Waals surface area contributed by atoms with Crippen molar-refractivity contribution in [2.75, 3.05) is 92.7 Å². The number of allylic oxidation sites excluding steroid dienone is 2. The van der Waals surface area contributed by atoms with Gasteiger partial charge in [0.25, 0.3) is 0 Å². The van der Waals surface area contributed by atoms with E-state index in [0.29, 0.717) is 24.9 Å². The molecule has 6 heterocycles. The molecular weight excluding hydrogens is 1120 g/mol. The summed E-state index contributed by atoms with van der Waals surface area (Å²) in [6.45, 7) is 23.4. The van der Waals surface area contributed by atoms with E-state index in [1.54, 1.807) is 0 Å². The fraction of sp³-hybridized carbons (Fsp3) is 0.371. The number of aromatic nitrogens is 2. The topological polar surface area (TPSA) is 182 Å². The van der Waals surface area contributed by atoms with Gasteiger partial charge < -0.3 is 57.3 Å². The Morgan fingerprint density at radius 3 is 1.92 bits per heavy atom. The van der Waals surface area contributed by atoms with E-state index in [1.807, 2.05) is 101 Å². The van der Waals surface area contributed by atoms with Gasteiger partial charge in [-0.2, -0.15) is 0 Å². The smallest absolute Gasteiger partial charge is 0.319 e.